The van der Waals surface area contributed by atoms with E-state index >= 15 is 0 Å². The standard InChI is InChI=1S/C16H25Cl2N3/c1-3-21-8-4-5-13(21)11-20(2)16(10-19)14-7-6-12(17)9-15(14)18/h6-7,9,13,16H,3-5,8,10-11,19H2,1-2H3. The normalized spacial score (nSPS) is 21.1. The summed E-state index contributed by atoms with van der Waals surface area (Å²) in [5.74, 6) is 0. The summed E-state index contributed by atoms with van der Waals surface area (Å²) in [5, 5.41) is 1.36. The van der Waals surface area contributed by atoms with Crippen LogP contribution in [0.15, 0.2) is 18.2 Å². The maximum Gasteiger partial charge on any atom is 0.0482 e. The van der Waals surface area contributed by atoms with Gasteiger partial charge in [-0.3, -0.25) is 9.80 Å². The Bertz CT molecular complexity index is 467. The van der Waals surface area contributed by atoms with Crippen LogP contribution < -0.4 is 5.73 Å². The molecule has 1 aliphatic rings. The third-order valence-corrected chi connectivity index (χ3v) is 5.04. The first-order chi connectivity index (χ1) is 10.1. The molecular weight excluding hydrogens is 305 g/mol. The van der Waals surface area contributed by atoms with Gasteiger partial charge < -0.3 is 5.73 Å². The molecule has 0 amide bonds. The molecule has 0 spiro atoms. The summed E-state index contributed by atoms with van der Waals surface area (Å²) in [6.45, 7) is 6.14. The van der Waals surface area contributed by atoms with Crippen LogP contribution in [0.2, 0.25) is 10.0 Å². The van der Waals surface area contributed by atoms with Crippen molar-refractivity contribution in [2.75, 3.05) is 33.2 Å². The Balaban J connectivity index is 2.09. The molecule has 0 radical (unpaired) electrons. The quantitative estimate of drug-likeness (QED) is 0.868. The van der Waals surface area contributed by atoms with Crippen LogP contribution in [0.5, 0.6) is 0 Å². The van der Waals surface area contributed by atoms with Crippen molar-refractivity contribution in [2.24, 2.45) is 5.73 Å². The van der Waals surface area contributed by atoms with Gasteiger partial charge in [-0.15, -0.1) is 0 Å². The zero-order valence-corrected chi connectivity index (χ0v) is 14.4. The van der Waals surface area contributed by atoms with Gasteiger partial charge in [-0.25, -0.2) is 0 Å². The number of nitrogens with two attached hydrogens (primary N) is 1. The SMILES string of the molecule is CCN1CCCC1CN(C)C(CN)c1ccc(Cl)cc1Cl. The summed E-state index contributed by atoms with van der Waals surface area (Å²) in [5.41, 5.74) is 7.07. The molecule has 2 rings (SSSR count). The van der Waals surface area contributed by atoms with Gasteiger partial charge in [-0.2, -0.15) is 0 Å². The average Bonchev–Trinajstić information content (AvgIpc) is 2.89. The van der Waals surface area contributed by atoms with E-state index in [9.17, 15) is 0 Å². The van der Waals surface area contributed by atoms with Crippen molar-refractivity contribution in [2.45, 2.75) is 31.8 Å². The second-order valence-electron chi connectivity index (χ2n) is 5.78. The molecule has 0 bridgehead atoms. The zero-order valence-electron chi connectivity index (χ0n) is 12.9. The molecule has 1 fully saturated rings. The lowest BCUT2D eigenvalue weighted by molar-refractivity contribution is 0.166. The van der Waals surface area contributed by atoms with Crippen LogP contribution in [0.25, 0.3) is 0 Å². The average molecular weight is 330 g/mol. The van der Waals surface area contributed by atoms with Crippen LogP contribution in [-0.2, 0) is 0 Å². The minimum Gasteiger partial charge on any atom is -0.329 e. The molecule has 0 saturated carbocycles. The van der Waals surface area contributed by atoms with Gasteiger partial charge in [0.15, 0.2) is 0 Å². The number of nitrogens with zero attached hydrogens (tertiary/aromatic N) is 2. The van der Waals surface area contributed by atoms with Crippen molar-refractivity contribution in [1.29, 1.82) is 0 Å². The van der Waals surface area contributed by atoms with Crippen LogP contribution in [0, 0.1) is 0 Å². The summed E-state index contributed by atoms with van der Waals surface area (Å²) in [4.78, 5) is 4.88. The van der Waals surface area contributed by atoms with Gasteiger partial charge in [0.25, 0.3) is 0 Å². The van der Waals surface area contributed by atoms with Crippen LogP contribution in [-0.4, -0.2) is 49.1 Å². The lowest BCUT2D eigenvalue weighted by Gasteiger charge is -2.33. The molecule has 3 nitrogen and oxygen atoms in total. The molecule has 1 aliphatic heterocycles. The molecule has 0 aliphatic carbocycles. The van der Waals surface area contributed by atoms with E-state index in [4.69, 9.17) is 28.9 Å². The first-order valence-corrected chi connectivity index (χ1v) is 8.41. The minimum absolute atomic E-state index is 0.133. The third kappa shape index (κ3) is 4.11. The highest BCUT2D eigenvalue weighted by Gasteiger charge is 2.27. The maximum absolute atomic E-state index is 6.34. The Hall–Kier alpha value is -0.320. The molecule has 1 saturated heterocycles. The van der Waals surface area contributed by atoms with E-state index < -0.39 is 0 Å². The summed E-state index contributed by atoms with van der Waals surface area (Å²) in [6, 6.07) is 6.43. The van der Waals surface area contributed by atoms with Gasteiger partial charge in [0.1, 0.15) is 0 Å². The van der Waals surface area contributed by atoms with E-state index in [2.05, 4.69) is 23.8 Å². The molecule has 21 heavy (non-hydrogen) atoms. The van der Waals surface area contributed by atoms with Crippen molar-refractivity contribution >= 4 is 23.2 Å². The van der Waals surface area contributed by atoms with Crippen molar-refractivity contribution in [3.8, 4) is 0 Å². The summed E-state index contributed by atoms with van der Waals surface area (Å²) < 4.78 is 0. The van der Waals surface area contributed by atoms with Gasteiger partial charge in [0.2, 0.25) is 0 Å². The number of hydrogen-bond acceptors (Lipinski definition) is 3. The fourth-order valence-electron chi connectivity index (χ4n) is 3.29. The fourth-order valence-corrected chi connectivity index (χ4v) is 3.83. The van der Waals surface area contributed by atoms with E-state index in [1.165, 1.54) is 19.4 Å². The molecule has 5 heteroatoms. The topological polar surface area (TPSA) is 32.5 Å². The second-order valence-corrected chi connectivity index (χ2v) is 6.63. The van der Waals surface area contributed by atoms with E-state index in [0.29, 0.717) is 22.6 Å². The Morgan fingerprint density at radius 2 is 2.19 bits per heavy atom. The summed E-state index contributed by atoms with van der Waals surface area (Å²) >= 11 is 12.3. The van der Waals surface area contributed by atoms with Crippen LogP contribution in [0.3, 0.4) is 0 Å². The number of hydrogen-bond donors (Lipinski definition) is 1. The first kappa shape index (κ1) is 17.0. The highest BCUT2D eigenvalue weighted by atomic mass is 35.5. The Morgan fingerprint density at radius 3 is 2.81 bits per heavy atom. The third-order valence-electron chi connectivity index (χ3n) is 4.48. The van der Waals surface area contributed by atoms with Crippen molar-refractivity contribution in [3.05, 3.63) is 33.8 Å². The number of likely N-dealkylation sites (tertiary alicyclic amines) is 1. The monoisotopic (exact) mass is 329 g/mol. The van der Waals surface area contributed by atoms with E-state index in [1.807, 2.05) is 12.1 Å². The minimum atomic E-state index is 0.133. The highest BCUT2D eigenvalue weighted by molar-refractivity contribution is 6.35. The predicted molar refractivity (Wildman–Crippen MR) is 91.2 cm³/mol. The van der Waals surface area contributed by atoms with Crippen molar-refractivity contribution in [1.82, 2.24) is 9.80 Å². The first-order valence-electron chi connectivity index (χ1n) is 7.66. The van der Waals surface area contributed by atoms with Crippen molar-refractivity contribution in [3.63, 3.8) is 0 Å². The molecule has 0 aromatic heterocycles. The van der Waals surface area contributed by atoms with Crippen LogP contribution >= 0.6 is 23.2 Å². The maximum atomic E-state index is 6.34. The smallest absolute Gasteiger partial charge is 0.0482 e. The molecular formula is C16H25Cl2N3. The Kier molecular flexibility index (Phi) is 6.33. The number of benzene rings is 1. The van der Waals surface area contributed by atoms with Crippen LogP contribution in [0.1, 0.15) is 31.4 Å². The molecule has 1 heterocycles. The van der Waals surface area contributed by atoms with Gasteiger partial charge in [0.05, 0.1) is 0 Å². The van der Waals surface area contributed by atoms with E-state index in [0.717, 1.165) is 18.7 Å². The molecule has 1 aromatic carbocycles. The summed E-state index contributed by atoms with van der Waals surface area (Å²) in [7, 11) is 2.13. The van der Waals surface area contributed by atoms with Gasteiger partial charge in [-0.1, -0.05) is 36.2 Å². The lowest BCUT2D eigenvalue weighted by Crippen LogP contribution is -2.41. The molecule has 1 aromatic rings. The van der Waals surface area contributed by atoms with E-state index in [-0.39, 0.29) is 6.04 Å². The second kappa shape index (κ2) is 7.80. The molecule has 2 unspecified atom stereocenters. The zero-order chi connectivity index (χ0) is 15.4. The predicted octanol–water partition coefficient (Wildman–Crippen LogP) is 3.41. The Morgan fingerprint density at radius 1 is 1.43 bits per heavy atom. The molecule has 2 atom stereocenters. The number of rotatable bonds is 6. The van der Waals surface area contributed by atoms with E-state index in [1.54, 1.807) is 6.07 Å². The van der Waals surface area contributed by atoms with Gasteiger partial charge >= 0.3 is 0 Å². The number of likely N-dealkylation sites (N-methyl/N-ethyl adjacent to an activating group) is 2. The van der Waals surface area contributed by atoms with Crippen LogP contribution in [0.4, 0.5) is 0 Å². The molecule has 118 valence electrons. The highest BCUT2D eigenvalue weighted by Crippen LogP contribution is 2.30. The largest absolute Gasteiger partial charge is 0.329 e. The molecule has 2 N–H and O–H groups in total. The van der Waals surface area contributed by atoms with Gasteiger partial charge in [-0.05, 0) is 50.7 Å². The summed E-state index contributed by atoms with van der Waals surface area (Å²) in [6.07, 6.45) is 2.56. The Labute approximate surface area is 138 Å². The fraction of sp³-hybridized carbons (Fsp3) is 0.625. The lowest BCUT2D eigenvalue weighted by atomic mass is 10.0. The number of halogens is 2. The van der Waals surface area contributed by atoms with Crippen molar-refractivity contribution < 1.29 is 0 Å². The van der Waals surface area contributed by atoms with Gasteiger partial charge in [0, 0.05) is 35.2 Å².